The summed E-state index contributed by atoms with van der Waals surface area (Å²) in [6.07, 6.45) is 0.786. The lowest BCUT2D eigenvalue weighted by Gasteiger charge is -2.30. The number of aromatic carboxylic acids is 1. The molecule has 3 amide bonds. The van der Waals surface area contributed by atoms with Crippen LogP contribution in [0.1, 0.15) is 69.8 Å². The Labute approximate surface area is 194 Å². The van der Waals surface area contributed by atoms with Gasteiger partial charge in [-0.2, -0.15) is 0 Å². The van der Waals surface area contributed by atoms with Crippen LogP contribution < -0.4 is 10.6 Å². The molecule has 1 aliphatic heterocycles. The van der Waals surface area contributed by atoms with E-state index >= 15 is 0 Å². The van der Waals surface area contributed by atoms with E-state index in [4.69, 9.17) is 4.74 Å². The molecule has 9 heteroatoms. The van der Waals surface area contributed by atoms with Gasteiger partial charge in [0.15, 0.2) is 0 Å². The van der Waals surface area contributed by atoms with E-state index in [1.807, 2.05) is 13.8 Å². The number of ether oxygens (including phenoxy) is 1. The number of carboxylic acids is 1. The van der Waals surface area contributed by atoms with Crippen molar-refractivity contribution in [3.63, 3.8) is 0 Å². The second kappa shape index (κ2) is 10.7. The average molecular weight is 462 g/mol. The summed E-state index contributed by atoms with van der Waals surface area (Å²) in [5.74, 6) is -1.82. The molecule has 182 valence electrons. The van der Waals surface area contributed by atoms with E-state index < -0.39 is 35.7 Å². The Morgan fingerprint density at radius 2 is 1.88 bits per heavy atom. The Bertz CT molecular complexity index is 906. The SMILES string of the molecule is Cc1cccc(NC(=O)C2CCCN2C(=O)C(CC(C)C)NC(=O)OC(C)(C)C)c1C(=O)O. The maximum Gasteiger partial charge on any atom is 0.408 e. The molecule has 33 heavy (non-hydrogen) atoms. The fourth-order valence-corrected chi connectivity index (χ4v) is 3.92. The smallest absolute Gasteiger partial charge is 0.408 e. The number of nitrogens with one attached hydrogen (secondary N) is 2. The first-order valence-corrected chi connectivity index (χ1v) is 11.2. The van der Waals surface area contributed by atoms with Gasteiger partial charge >= 0.3 is 12.1 Å². The van der Waals surface area contributed by atoms with E-state index in [1.54, 1.807) is 39.8 Å². The van der Waals surface area contributed by atoms with Gasteiger partial charge in [-0.1, -0.05) is 26.0 Å². The molecule has 0 bridgehead atoms. The average Bonchev–Trinajstić information content (AvgIpc) is 3.14. The molecule has 2 unspecified atom stereocenters. The lowest BCUT2D eigenvalue weighted by molar-refractivity contribution is -0.138. The van der Waals surface area contributed by atoms with Crippen molar-refractivity contribution in [1.82, 2.24) is 10.2 Å². The van der Waals surface area contributed by atoms with Crippen molar-refractivity contribution < 1.29 is 29.0 Å². The zero-order chi connectivity index (χ0) is 24.9. The molecule has 3 N–H and O–H groups in total. The monoisotopic (exact) mass is 461 g/mol. The first kappa shape index (κ1) is 26.2. The molecule has 1 heterocycles. The Balaban J connectivity index is 2.20. The number of carbonyl (C=O) groups excluding carboxylic acids is 3. The lowest BCUT2D eigenvalue weighted by atomic mass is 10.0. The Kier molecular flexibility index (Phi) is 8.46. The van der Waals surface area contributed by atoms with Gasteiger partial charge in [-0.05, 0) is 64.5 Å². The first-order chi connectivity index (χ1) is 15.3. The van der Waals surface area contributed by atoms with Gasteiger partial charge in [-0.3, -0.25) is 9.59 Å². The van der Waals surface area contributed by atoms with Crippen molar-refractivity contribution in [3.8, 4) is 0 Å². The van der Waals surface area contributed by atoms with Crippen LogP contribution in [0.3, 0.4) is 0 Å². The van der Waals surface area contributed by atoms with E-state index in [2.05, 4.69) is 10.6 Å². The Morgan fingerprint density at radius 3 is 2.45 bits per heavy atom. The highest BCUT2D eigenvalue weighted by Gasteiger charge is 2.38. The highest BCUT2D eigenvalue weighted by Crippen LogP contribution is 2.24. The normalized spacial score (nSPS) is 16.9. The standard InChI is InChI=1S/C24H35N3O6/c1-14(2)13-17(26-23(32)33-24(4,5)6)21(29)27-12-8-11-18(27)20(28)25-16-10-7-9-15(3)19(16)22(30)31/h7,9-10,14,17-18H,8,11-13H2,1-6H3,(H,25,28)(H,26,32)(H,30,31). The second-order valence-corrected chi connectivity index (χ2v) is 9.81. The van der Waals surface area contributed by atoms with Crippen molar-refractivity contribution in [2.75, 3.05) is 11.9 Å². The number of amides is 3. The van der Waals surface area contributed by atoms with E-state index in [-0.39, 0.29) is 23.1 Å². The summed E-state index contributed by atoms with van der Waals surface area (Å²) in [5, 5.41) is 14.9. The van der Waals surface area contributed by atoms with Crippen LogP contribution in [0.5, 0.6) is 0 Å². The molecule has 0 aromatic heterocycles. The Morgan fingerprint density at radius 1 is 1.21 bits per heavy atom. The van der Waals surface area contributed by atoms with E-state index in [0.29, 0.717) is 31.4 Å². The third kappa shape index (κ3) is 7.20. The van der Waals surface area contributed by atoms with Gasteiger partial charge in [0.05, 0.1) is 11.3 Å². The summed E-state index contributed by atoms with van der Waals surface area (Å²) < 4.78 is 5.31. The maximum atomic E-state index is 13.4. The molecular formula is C24H35N3O6. The molecule has 1 saturated heterocycles. The first-order valence-electron chi connectivity index (χ1n) is 11.2. The number of alkyl carbamates (subject to hydrolysis) is 1. The summed E-state index contributed by atoms with van der Waals surface area (Å²) in [4.78, 5) is 51.9. The number of carboxylic acid groups (broad SMARTS) is 1. The van der Waals surface area contributed by atoms with Crippen molar-refractivity contribution in [3.05, 3.63) is 29.3 Å². The summed E-state index contributed by atoms with van der Waals surface area (Å²) in [6, 6.07) is 3.26. The van der Waals surface area contributed by atoms with Crippen LogP contribution in [0.25, 0.3) is 0 Å². The molecule has 9 nitrogen and oxygen atoms in total. The van der Waals surface area contributed by atoms with Crippen molar-refractivity contribution >= 4 is 29.6 Å². The number of anilines is 1. The number of rotatable bonds is 7. The van der Waals surface area contributed by atoms with Gasteiger partial charge in [0.25, 0.3) is 0 Å². The summed E-state index contributed by atoms with van der Waals surface area (Å²) >= 11 is 0. The summed E-state index contributed by atoms with van der Waals surface area (Å²) in [7, 11) is 0. The van der Waals surface area contributed by atoms with Crippen LogP contribution in [-0.4, -0.2) is 58.1 Å². The van der Waals surface area contributed by atoms with Crippen LogP contribution in [0, 0.1) is 12.8 Å². The topological polar surface area (TPSA) is 125 Å². The van der Waals surface area contributed by atoms with Gasteiger partial charge in [-0.15, -0.1) is 0 Å². The van der Waals surface area contributed by atoms with Gasteiger partial charge < -0.3 is 25.4 Å². The minimum absolute atomic E-state index is 0.0194. The van der Waals surface area contributed by atoms with Crippen molar-refractivity contribution in [2.45, 2.75) is 78.5 Å². The number of nitrogens with zero attached hydrogens (tertiary/aromatic N) is 1. The molecule has 0 saturated carbocycles. The second-order valence-electron chi connectivity index (χ2n) is 9.81. The predicted molar refractivity (Wildman–Crippen MR) is 124 cm³/mol. The maximum absolute atomic E-state index is 13.4. The van der Waals surface area contributed by atoms with Crippen molar-refractivity contribution in [2.24, 2.45) is 5.92 Å². The fraction of sp³-hybridized carbons (Fsp3) is 0.583. The number of carbonyl (C=O) groups is 4. The third-order valence-corrected chi connectivity index (χ3v) is 5.28. The Hall–Kier alpha value is -3.10. The number of hydrogen-bond donors (Lipinski definition) is 3. The molecule has 2 atom stereocenters. The summed E-state index contributed by atoms with van der Waals surface area (Å²) in [6.45, 7) is 11.1. The minimum Gasteiger partial charge on any atom is -0.478 e. The molecule has 2 rings (SSSR count). The molecule has 1 aromatic carbocycles. The molecule has 0 aliphatic carbocycles. The van der Waals surface area contributed by atoms with E-state index in [9.17, 15) is 24.3 Å². The van der Waals surface area contributed by atoms with Crippen molar-refractivity contribution in [1.29, 1.82) is 0 Å². The quantitative estimate of drug-likeness (QED) is 0.570. The van der Waals surface area contributed by atoms with Crippen LogP contribution in [0.2, 0.25) is 0 Å². The number of hydrogen-bond acceptors (Lipinski definition) is 5. The zero-order valence-electron chi connectivity index (χ0n) is 20.2. The van der Waals surface area contributed by atoms with Crippen LogP contribution in [-0.2, 0) is 14.3 Å². The summed E-state index contributed by atoms with van der Waals surface area (Å²) in [5.41, 5.74) is 0.0305. The van der Waals surface area contributed by atoms with Gasteiger partial charge in [-0.25, -0.2) is 9.59 Å². The highest BCUT2D eigenvalue weighted by molar-refractivity contribution is 6.04. The molecular weight excluding hydrogens is 426 g/mol. The fourth-order valence-electron chi connectivity index (χ4n) is 3.92. The molecule has 1 fully saturated rings. The zero-order valence-corrected chi connectivity index (χ0v) is 20.2. The van der Waals surface area contributed by atoms with Crippen LogP contribution in [0.4, 0.5) is 10.5 Å². The molecule has 0 radical (unpaired) electrons. The molecule has 0 spiro atoms. The van der Waals surface area contributed by atoms with Crippen LogP contribution in [0.15, 0.2) is 18.2 Å². The van der Waals surface area contributed by atoms with E-state index in [1.165, 1.54) is 11.0 Å². The van der Waals surface area contributed by atoms with Gasteiger partial charge in [0.1, 0.15) is 17.7 Å². The number of aryl methyl sites for hydroxylation is 1. The predicted octanol–water partition coefficient (Wildman–Crippen LogP) is 3.56. The minimum atomic E-state index is -1.14. The lowest BCUT2D eigenvalue weighted by Crippen LogP contribution is -2.53. The van der Waals surface area contributed by atoms with Gasteiger partial charge in [0, 0.05) is 6.54 Å². The molecule has 1 aromatic rings. The van der Waals surface area contributed by atoms with E-state index in [0.717, 1.165) is 0 Å². The number of benzene rings is 1. The molecule has 1 aliphatic rings. The largest absolute Gasteiger partial charge is 0.478 e. The third-order valence-electron chi connectivity index (χ3n) is 5.28. The highest BCUT2D eigenvalue weighted by atomic mass is 16.6. The number of likely N-dealkylation sites (tertiary alicyclic amines) is 1. The van der Waals surface area contributed by atoms with Gasteiger partial charge in [0.2, 0.25) is 11.8 Å². The van der Waals surface area contributed by atoms with Crippen LogP contribution >= 0.6 is 0 Å².